The van der Waals surface area contributed by atoms with Crippen molar-refractivity contribution in [2.75, 3.05) is 11.9 Å². The highest BCUT2D eigenvalue weighted by Gasteiger charge is 2.11. The molecule has 0 spiro atoms. The fourth-order valence-electron chi connectivity index (χ4n) is 2.17. The molecule has 0 amide bonds. The second-order valence-corrected chi connectivity index (χ2v) is 5.08. The van der Waals surface area contributed by atoms with Crippen LogP contribution >= 0.6 is 0 Å². The molecule has 2 rings (SSSR count). The Labute approximate surface area is 120 Å². The molecular formula is C17H21FN2. The van der Waals surface area contributed by atoms with Gasteiger partial charge in [0.05, 0.1) is 5.69 Å². The first kappa shape index (κ1) is 14.5. The van der Waals surface area contributed by atoms with E-state index in [4.69, 9.17) is 5.73 Å². The highest BCUT2D eigenvalue weighted by molar-refractivity contribution is 5.63. The SMILES string of the molecule is CCc1ccc(N(C)c2ccc([C@H](C)N)cc2F)cc1. The molecule has 2 aromatic carbocycles. The summed E-state index contributed by atoms with van der Waals surface area (Å²) in [7, 11) is 1.87. The topological polar surface area (TPSA) is 29.3 Å². The number of anilines is 2. The minimum absolute atomic E-state index is 0.160. The summed E-state index contributed by atoms with van der Waals surface area (Å²) < 4.78 is 14.2. The maximum absolute atomic E-state index is 14.2. The van der Waals surface area contributed by atoms with E-state index in [9.17, 15) is 4.39 Å². The fraction of sp³-hybridized carbons (Fsp3) is 0.294. The lowest BCUT2D eigenvalue weighted by Gasteiger charge is -2.21. The molecule has 0 bridgehead atoms. The zero-order valence-electron chi connectivity index (χ0n) is 12.2. The van der Waals surface area contributed by atoms with Crippen molar-refractivity contribution >= 4 is 11.4 Å². The molecular weight excluding hydrogens is 251 g/mol. The van der Waals surface area contributed by atoms with Crippen molar-refractivity contribution in [3.8, 4) is 0 Å². The first-order valence-electron chi connectivity index (χ1n) is 6.90. The molecule has 0 aliphatic heterocycles. The normalized spacial score (nSPS) is 12.2. The fourth-order valence-corrected chi connectivity index (χ4v) is 2.17. The Kier molecular flexibility index (Phi) is 4.40. The van der Waals surface area contributed by atoms with E-state index in [1.807, 2.05) is 37.1 Å². The standard InChI is InChI=1S/C17H21FN2/c1-4-13-5-8-15(9-6-13)20(3)17-10-7-14(12(2)19)11-16(17)18/h5-12H,4,19H2,1-3H3/t12-/m0/s1. The zero-order chi connectivity index (χ0) is 14.7. The Hall–Kier alpha value is -1.87. The molecule has 1 atom stereocenters. The van der Waals surface area contributed by atoms with E-state index < -0.39 is 0 Å². The van der Waals surface area contributed by atoms with Gasteiger partial charge in [-0.2, -0.15) is 0 Å². The van der Waals surface area contributed by atoms with Crippen molar-refractivity contribution in [2.45, 2.75) is 26.3 Å². The number of nitrogens with zero attached hydrogens (tertiary/aromatic N) is 1. The summed E-state index contributed by atoms with van der Waals surface area (Å²) in [4.78, 5) is 1.85. The van der Waals surface area contributed by atoms with Crippen molar-refractivity contribution in [1.82, 2.24) is 0 Å². The van der Waals surface area contributed by atoms with Crippen LogP contribution in [0, 0.1) is 5.82 Å². The number of nitrogens with two attached hydrogens (primary N) is 1. The number of benzene rings is 2. The van der Waals surface area contributed by atoms with Crippen LogP contribution in [-0.4, -0.2) is 7.05 Å². The number of hydrogen-bond donors (Lipinski definition) is 1. The molecule has 0 radical (unpaired) electrons. The molecule has 0 heterocycles. The van der Waals surface area contributed by atoms with Gasteiger partial charge in [-0.05, 0) is 48.7 Å². The van der Waals surface area contributed by atoms with Crippen molar-refractivity contribution < 1.29 is 4.39 Å². The number of aryl methyl sites for hydroxylation is 1. The Balaban J connectivity index is 2.30. The van der Waals surface area contributed by atoms with Gasteiger partial charge in [-0.1, -0.05) is 25.1 Å². The molecule has 2 aromatic rings. The molecule has 3 heteroatoms. The maximum Gasteiger partial charge on any atom is 0.147 e. The monoisotopic (exact) mass is 272 g/mol. The predicted molar refractivity (Wildman–Crippen MR) is 82.9 cm³/mol. The lowest BCUT2D eigenvalue weighted by Crippen LogP contribution is -2.12. The summed E-state index contributed by atoms with van der Waals surface area (Å²) in [6, 6.07) is 13.2. The highest BCUT2D eigenvalue weighted by Crippen LogP contribution is 2.28. The van der Waals surface area contributed by atoms with Crippen molar-refractivity contribution in [2.24, 2.45) is 5.73 Å². The van der Waals surface area contributed by atoms with Gasteiger partial charge in [0.25, 0.3) is 0 Å². The van der Waals surface area contributed by atoms with Crippen molar-refractivity contribution in [3.05, 3.63) is 59.4 Å². The number of rotatable bonds is 4. The summed E-state index contributed by atoms with van der Waals surface area (Å²) in [5.74, 6) is -0.248. The van der Waals surface area contributed by atoms with Gasteiger partial charge in [-0.15, -0.1) is 0 Å². The Morgan fingerprint density at radius 1 is 1.15 bits per heavy atom. The predicted octanol–water partition coefficient (Wildman–Crippen LogP) is 4.18. The summed E-state index contributed by atoms with van der Waals surface area (Å²) in [6.45, 7) is 3.97. The minimum Gasteiger partial charge on any atom is -0.342 e. The van der Waals surface area contributed by atoms with Crippen LogP contribution in [0.4, 0.5) is 15.8 Å². The van der Waals surface area contributed by atoms with E-state index >= 15 is 0 Å². The smallest absolute Gasteiger partial charge is 0.147 e. The Bertz CT molecular complexity index is 576. The van der Waals surface area contributed by atoms with Crippen LogP contribution in [0.3, 0.4) is 0 Å². The van der Waals surface area contributed by atoms with Crippen LogP contribution < -0.4 is 10.6 Å². The first-order chi connectivity index (χ1) is 9.52. The van der Waals surface area contributed by atoms with Gasteiger partial charge in [-0.3, -0.25) is 0 Å². The first-order valence-corrected chi connectivity index (χ1v) is 6.90. The van der Waals surface area contributed by atoms with Gasteiger partial charge in [0, 0.05) is 18.8 Å². The molecule has 20 heavy (non-hydrogen) atoms. The molecule has 2 nitrogen and oxygen atoms in total. The summed E-state index contributed by atoms with van der Waals surface area (Å²) in [5, 5.41) is 0. The summed E-state index contributed by atoms with van der Waals surface area (Å²) >= 11 is 0. The van der Waals surface area contributed by atoms with Gasteiger partial charge in [0.15, 0.2) is 0 Å². The third-order valence-electron chi connectivity index (χ3n) is 3.59. The largest absolute Gasteiger partial charge is 0.342 e. The van der Waals surface area contributed by atoms with E-state index in [-0.39, 0.29) is 11.9 Å². The van der Waals surface area contributed by atoms with Gasteiger partial charge in [0.2, 0.25) is 0 Å². The van der Waals surface area contributed by atoms with Gasteiger partial charge >= 0.3 is 0 Å². The van der Waals surface area contributed by atoms with E-state index in [0.29, 0.717) is 5.69 Å². The van der Waals surface area contributed by atoms with Crippen molar-refractivity contribution in [1.29, 1.82) is 0 Å². The number of halogens is 1. The van der Waals surface area contributed by atoms with E-state index in [1.165, 1.54) is 11.6 Å². The van der Waals surface area contributed by atoms with Crippen LogP contribution in [0.5, 0.6) is 0 Å². The molecule has 106 valence electrons. The second-order valence-electron chi connectivity index (χ2n) is 5.08. The maximum atomic E-state index is 14.2. The van der Waals surface area contributed by atoms with Gasteiger partial charge in [-0.25, -0.2) is 4.39 Å². The van der Waals surface area contributed by atoms with Gasteiger partial charge in [0.1, 0.15) is 5.82 Å². The quantitative estimate of drug-likeness (QED) is 0.905. The number of hydrogen-bond acceptors (Lipinski definition) is 2. The third kappa shape index (κ3) is 2.99. The van der Waals surface area contributed by atoms with Crippen LogP contribution in [-0.2, 0) is 6.42 Å². The molecule has 0 saturated heterocycles. The van der Waals surface area contributed by atoms with Crippen LogP contribution in [0.25, 0.3) is 0 Å². The minimum atomic E-state index is -0.248. The molecule has 0 aromatic heterocycles. The second kappa shape index (κ2) is 6.06. The molecule has 2 N–H and O–H groups in total. The molecule has 0 aliphatic rings. The lowest BCUT2D eigenvalue weighted by atomic mass is 10.1. The molecule has 0 aliphatic carbocycles. The van der Waals surface area contributed by atoms with Crippen LogP contribution in [0.1, 0.15) is 31.0 Å². The highest BCUT2D eigenvalue weighted by atomic mass is 19.1. The zero-order valence-corrected chi connectivity index (χ0v) is 12.2. The van der Waals surface area contributed by atoms with Crippen LogP contribution in [0.15, 0.2) is 42.5 Å². The molecule has 0 unspecified atom stereocenters. The van der Waals surface area contributed by atoms with Gasteiger partial charge < -0.3 is 10.6 Å². The molecule has 0 fully saturated rings. The third-order valence-corrected chi connectivity index (χ3v) is 3.59. The Morgan fingerprint density at radius 2 is 1.80 bits per heavy atom. The molecule has 0 saturated carbocycles. The van der Waals surface area contributed by atoms with E-state index in [0.717, 1.165) is 17.7 Å². The average molecular weight is 272 g/mol. The summed E-state index contributed by atoms with van der Waals surface area (Å²) in [6.07, 6.45) is 1.00. The lowest BCUT2D eigenvalue weighted by molar-refractivity contribution is 0.622. The summed E-state index contributed by atoms with van der Waals surface area (Å²) in [5.41, 5.74) is 9.37. The average Bonchev–Trinajstić information content (AvgIpc) is 2.46. The van der Waals surface area contributed by atoms with E-state index in [1.54, 1.807) is 6.07 Å². The van der Waals surface area contributed by atoms with E-state index in [2.05, 4.69) is 19.1 Å². The van der Waals surface area contributed by atoms with Crippen molar-refractivity contribution in [3.63, 3.8) is 0 Å². The van der Waals surface area contributed by atoms with Crippen LogP contribution in [0.2, 0.25) is 0 Å². The Morgan fingerprint density at radius 3 is 2.30 bits per heavy atom.